The molecule has 2 aromatic carbocycles. The number of fused-ring (bicyclic) bond motifs is 1. The van der Waals surface area contributed by atoms with Gasteiger partial charge < -0.3 is 20.3 Å². The maximum absolute atomic E-state index is 11.3. The monoisotopic (exact) mass is 548 g/mol. The molecule has 0 bridgehead atoms. The number of aliphatic hydroxyl groups is 2. The Balaban J connectivity index is 1.41. The van der Waals surface area contributed by atoms with Crippen LogP contribution in [0, 0.1) is 5.41 Å². The lowest BCUT2D eigenvalue weighted by molar-refractivity contribution is -0.0201. The van der Waals surface area contributed by atoms with E-state index in [1.807, 2.05) is 42.5 Å². The van der Waals surface area contributed by atoms with E-state index in [2.05, 4.69) is 10.3 Å². The molecule has 0 amide bonds. The molecule has 0 saturated carbocycles. The number of methoxy groups -OCH3 is 1. The van der Waals surface area contributed by atoms with Gasteiger partial charge in [-0.2, -0.15) is 0 Å². The van der Waals surface area contributed by atoms with Crippen LogP contribution in [0.1, 0.15) is 50.2 Å². The second-order valence-corrected chi connectivity index (χ2v) is 11.5. The first kappa shape index (κ1) is 27.5. The zero-order chi connectivity index (χ0) is 25.5. The van der Waals surface area contributed by atoms with Gasteiger partial charge >= 0.3 is 0 Å². The highest BCUT2D eigenvalue weighted by Gasteiger charge is 2.39. The predicted molar refractivity (Wildman–Crippen MR) is 149 cm³/mol. The van der Waals surface area contributed by atoms with Gasteiger partial charge in [0.25, 0.3) is 0 Å². The van der Waals surface area contributed by atoms with Crippen molar-refractivity contribution in [3.63, 3.8) is 0 Å². The van der Waals surface area contributed by atoms with E-state index in [-0.39, 0.29) is 5.41 Å². The van der Waals surface area contributed by atoms with Crippen molar-refractivity contribution in [3.8, 4) is 5.75 Å². The second kappa shape index (κ2) is 12.8. The van der Waals surface area contributed by atoms with Gasteiger partial charge in [-0.3, -0.25) is 4.98 Å². The summed E-state index contributed by atoms with van der Waals surface area (Å²) >= 11 is 14.3. The minimum atomic E-state index is -0.755. The Hall–Kier alpha value is -1.54. The summed E-state index contributed by atoms with van der Waals surface area (Å²) in [7, 11) is 1.62. The summed E-state index contributed by atoms with van der Waals surface area (Å²) in [5.74, 6) is 1.64. The number of thioether (sulfide) groups is 1. The molecule has 0 aliphatic carbocycles. The Morgan fingerprint density at radius 2 is 1.83 bits per heavy atom. The number of benzene rings is 2. The summed E-state index contributed by atoms with van der Waals surface area (Å²) in [5, 5.41) is 28.0. The smallest absolute Gasteiger partial charge is 0.119 e. The molecular formula is C28H34Cl2N2O3S. The maximum Gasteiger partial charge on any atom is 0.119 e. The standard InChI is InChI=1S/C28H34Cl2N2O3S/c1-35-20-6-9-24-22(17-20)27(23(30)18-32-24)25(33)10-11-28(12-14-31-15-13-28)26(34)3-2-16-36-21-7-4-19(29)5-8-21/h4-9,17-18,25-26,31,33-34H,2-3,10-16H2,1H3/t25-,26+/m1/s1. The number of piperidine rings is 1. The molecule has 36 heavy (non-hydrogen) atoms. The van der Waals surface area contributed by atoms with Crippen LogP contribution in [0.2, 0.25) is 10.0 Å². The van der Waals surface area contributed by atoms with Gasteiger partial charge in [-0.15, -0.1) is 11.8 Å². The largest absolute Gasteiger partial charge is 0.497 e. The van der Waals surface area contributed by atoms with Crippen molar-refractivity contribution in [1.29, 1.82) is 0 Å². The Labute approximate surface area is 227 Å². The molecule has 1 fully saturated rings. The van der Waals surface area contributed by atoms with Crippen LogP contribution in [0.25, 0.3) is 10.9 Å². The van der Waals surface area contributed by atoms with E-state index in [1.165, 1.54) is 4.90 Å². The van der Waals surface area contributed by atoms with E-state index in [9.17, 15) is 10.2 Å². The summed E-state index contributed by atoms with van der Waals surface area (Å²) in [6.07, 6.45) is 5.13. The molecular weight excluding hydrogens is 515 g/mol. The highest BCUT2D eigenvalue weighted by molar-refractivity contribution is 7.99. The van der Waals surface area contributed by atoms with Crippen molar-refractivity contribution in [2.45, 2.75) is 55.6 Å². The molecule has 2 heterocycles. The zero-order valence-corrected chi connectivity index (χ0v) is 22.9. The molecule has 1 aliphatic heterocycles. The highest BCUT2D eigenvalue weighted by atomic mass is 35.5. The first-order valence-electron chi connectivity index (χ1n) is 12.5. The summed E-state index contributed by atoms with van der Waals surface area (Å²) in [4.78, 5) is 5.59. The van der Waals surface area contributed by atoms with Crippen molar-refractivity contribution < 1.29 is 14.9 Å². The molecule has 3 aromatic rings. The van der Waals surface area contributed by atoms with E-state index in [0.717, 1.165) is 66.9 Å². The first-order valence-corrected chi connectivity index (χ1v) is 14.2. The third-order valence-corrected chi connectivity index (χ3v) is 8.98. The van der Waals surface area contributed by atoms with Crippen molar-refractivity contribution in [2.75, 3.05) is 26.0 Å². The van der Waals surface area contributed by atoms with Gasteiger partial charge in [-0.05, 0) is 105 Å². The topological polar surface area (TPSA) is 74.6 Å². The number of nitrogens with zero attached hydrogens (tertiary/aromatic N) is 1. The van der Waals surface area contributed by atoms with Crippen molar-refractivity contribution >= 4 is 45.9 Å². The second-order valence-electron chi connectivity index (χ2n) is 9.53. The van der Waals surface area contributed by atoms with E-state index in [4.69, 9.17) is 27.9 Å². The van der Waals surface area contributed by atoms with Gasteiger partial charge in [0.2, 0.25) is 0 Å². The Bertz CT molecular complexity index is 1140. The van der Waals surface area contributed by atoms with Gasteiger partial charge in [0.15, 0.2) is 0 Å². The fraction of sp³-hybridized carbons (Fsp3) is 0.464. The summed E-state index contributed by atoms with van der Waals surface area (Å²) in [5.41, 5.74) is 1.23. The fourth-order valence-corrected chi connectivity index (χ4v) is 6.46. The minimum absolute atomic E-state index is 0.218. The lowest BCUT2D eigenvalue weighted by Gasteiger charge is -2.42. The summed E-state index contributed by atoms with van der Waals surface area (Å²) in [6.45, 7) is 1.76. The Morgan fingerprint density at radius 1 is 1.08 bits per heavy atom. The number of aromatic nitrogens is 1. The molecule has 3 N–H and O–H groups in total. The number of pyridine rings is 1. The average molecular weight is 550 g/mol. The van der Waals surface area contributed by atoms with Crippen LogP contribution in [0.15, 0.2) is 53.6 Å². The van der Waals surface area contributed by atoms with Crippen LogP contribution in [0.4, 0.5) is 0 Å². The number of hydrogen-bond acceptors (Lipinski definition) is 6. The van der Waals surface area contributed by atoms with Gasteiger partial charge in [-0.1, -0.05) is 23.2 Å². The van der Waals surface area contributed by atoms with Crippen LogP contribution in [0.5, 0.6) is 5.75 Å². The van der Waals surface area contributed by atoms with Crippen molar-refractivity contribution in [2.24, 2.45) is 5.41 Å². The molecule has 194 valence electrons. The van der Waals surface area contributed by atoms with Crippen LogP contribution < -0.4 is 10.1 Å². The molecule has 1 aliphatic rings. The molecule has 2 atom stereocenters. The third-order valence-electron chi connectivity index (χ3n) is 7.33. The van der Waals surface area contributed by atoms with Crippen molar-refractivity contribution in [1.82, 2.24) is 10.3 Å². The zero-order valence-electron chi connectivity index (χ0n) is 20.6. The van der Waals surface area contributed by atoms with Gasteiger partial charge in [0, 0.05) is 27.1 Å². The van der Waals surface area contributed by atoms with E-state index < -0.39 is 12.2 Å². The lowest BCUT2D eigenvalue weighted by atomic mass is 9.69. The number of rotatable bonds is 11. The summed E-state index contributed by atoms with van der Waals surface area (Å²) < 4.78 is 5.38. The highest BCUT2D eigenvalue weighted by Crippen LogP contribution is 2.43. The number of aliphatic hydroxyl groups excluding tert-OH is 2. The van der Waals surface area contributed by atoms with E-state index in [0.29, 0.717) is 22.8 Å². The molecule has 5 nitrogen and oxygen atoms in total. The van der Waals surface area contributed by atoms with E-state index in [1.54, 1.807) is 25.1 Å². The molecule has 1 saturated heterocycles. The molecule has 4 rings (SSSR count). The molecule has 1 aromatic heterocycles. The minimum Gasteiger partial charge on any atom is -0.497 e. The van der Waals surface area contributed by atoms with E-state index >= 15 is 0 Å². The third kappa shape index (κ3) is 6.66. The number of halogens is 2. The van der Waals surface area contributed by atoms with Gasteiger partial charge in [-0.25, -0.2) is 0 Å². The lowest BCUT2D eigenvalue weighted by Crippen LogP contribution is -2.44. The van der Waals surface area contributed by atoms with Crippen LogP contribution in [-0.4, -0.2) is 47.3 Å². The number of ether oxygens (including phenoxy) is 1. The van der Waals surface area contributed by atoms with Gasteiger partial charge in [0.05, 0.1) is 29.9 Å². The fourth-order valence-electron chi connectivity index (χ4n) is 5.18. The maximum atomic E-state index is 11.3. The summed E-state index contributed by atoms with van der Waals surface area (Å²) in [6, 6.07) is 13.5. The van der Waals surface area contributed by atoms with Crippen LogP contribution in [-0.2, 0) is 0 Å². The molecule has 0 radical (unpaired) electrons. The van der Waals surface area contributed by atoms with Gasteiger partial charge in [0.1, 0.15) is 5.75 Å². The number of hydrogen-bond donors (Lipinski definition) is 3. The predicted octanol–water partition coefficient (Wildman–Crippen LogP) is 6.67. The SMILES string of the molecule is COc1ccc2ncc(Cl)c([C@H](O)CCC3([C@@H](O)CCCSc4ccc(Cl)cc4)CCNCC3)c2c1. The Kier molecular flexibility index (Phi) is 9.78. The molecule has 0 unspecified atom stereocenters. The first-order chi connectivity index (χ1) is 17.4. The Morgan fingerprint density at radius 3 is 2.56 bits per heavy atom. The average Bonchev–Trinajstić information content (AvgIpc) is 2.90. The molecule has 0 spiro atoms. The normalized spacial score (nSPS) is 17.1. The number of nitrogens with one attached hydrogen (secondary N) is 1. The molecule has 8 heteroatoms. The van der Waals surface area contributed by atoms with Crippen molar-refractivity contribution in [3.05, 3.63) is 64.3 Å². The van der Waals surface area contributed by atoms with Crippen LogP contribution >= 0.6 is 35.0 Å². The quantitative estimate of drug-likeness (QED) is 0.183. The van der Waals surface area contributed by atoms with Crippen LogP contribution in [0.3, 0.4) is 0 Å².